The number of nitrogens with zero attached hydrogens (tertiary/aromatic N) is 2. The molecule has 94 valence electrons. The van der Waals surface area contributed by atoms with Gasteiger partial charge >= 0.3 is 0 Å². The third kappa shape index (κ3) is 2.43. The number of hydrogen-bond acceptors (Lipinski definition) is 5. The molecule has 1 aliphatic carbocycles. The van der Waals surface area contributed by atoms with E-state index in [1.165, 1.54) is 19.3 Å². The highest BCUT2D eigenvalue weighted by Gasteiger charge is 2.40. The molecule has 17 heavy (non-hydrogen) atoms. The van der Waals surface area contributed by atoms with Gasteiger partial charge in [0, 0.05) is 13.6 Å². The zero-order chi connectivity index (χ0) is 12.3. The molecule has 0 spiro atoms. The lowest BCUT2D eigenvalue weighted by Gasteiger charge is -2.16. The Labute approximate surface area is 102 Å². The van der Waals surface area contributed by atoms with Crippen LogP contribution >= 0.6 is 0 Å². The maximum atomic E-state index is 5.34. The van der Waals surface area contributed by atoms with Gasteiger partial charge in [0.1, 0.15) is 6.33 Å². The molecular weight excluding hydrogens is 216 g/mol. The van der Waals surface area contributed by atoms with E-state index < -0.39 is 0 Å². The van der Waals surface area contributed by atoms with Crippen molar-refractivity contribution in [2.75, 3.05) is 31.3 Å². The number of anilines is 2. The molecule has 1 aromatic rings. The fourth-order valence-corrected chi connectivity index (χ4v) is 1.97. The van der Waals surface area contributed by atoms with Crippen LogP contribution in [0, 0.1) is 5.41 Å². The average Bonchev–Trinajstić information content (AvgIpc) is 3.16. The maximum Gasteiger partial charge on any atom is 0.204 e. The van der Waals surface area contributed by atoms with Gasteiger partial charge in [-0.1, -0.05) is 6.92 Å². The summed E-state index contributed by atoms with van der Waals surface area (Å²) in [7, 11) is 3.46. The van der Waals surface area contributed by atoms with E-state index in [0.29, 0.717) is 17.0 Å². The minimum absolute atomic E-state index is 0.482. The van der Waals surface area contributed by atoms with Gasteiger partial charge in [0.2, 0.25) is 5.75 Å². The number of rotatable bonds is 6. The van der Waals surface area contributed by atoms with E-state index in [4.69, 9.17) is 4.74 Å². The first kappa shape index (κ1) is 12.0. The lowest BCUT2D eigenvalue weighted by molar-refractivity contribution is 0.414. The highest BCUT2D eigenvalue weighted by molar-refractivity contribution is 5.63. The van der Waals surface area contributed by atoms with Gasteiger partial charge in [0.25, 0.3) is 0 Å². The van der Waals surface area contributed by atoms with Crippen molar-refractivity contribution < 1.29 is 4.74 Å². The van der Waals surface area contributed by atoms with Gasteiger partial charge in [-0.15, -0.1) is 0 Å². The van der Waals surface area contributed by atoms with Gasteiger partial charge in [0.15, 0.2) is 11.6 Å². The summed E-state index contributed by atoms with van der Waals surface area (Å²) < 4.78 is 5.34. The molecule has 1 fully saturated rings. The number of nitrogens with one attached hydrogen (secondary N) is 2. The van der Waals surface area contributed by atoms with Crippen LogP contribution in [-0.4, -0.2) is 30.7 Å². The molecule has 5 nitrogen and oxygen atoms in total. The van der Waals surface area contributed by atoms with Gasteiger partial charge in [0.05, 0.1) is 7.11 Å². The van der Waals surface area contributed by atoms with Crippen molar-refractivity contribution in [3.63, 3.8) is 0 Å². The molecule has 2 rings (SSSR count). The Hall–Kier alpha value is -1.52. The third-order valence-electron chi connectivity index (χ3n) is 3.58. The summed E-state index contributed by atoms with van der Waals surface area (Å²) in [4.78, 5) is 8.36. The minimum Gasteiger partial charge on any atom is -0.490 e. The van der Waals surface area contributed by atoms with Crippen LogP contribution in [0.25, 0.3) is 0 Å². The second kappa shape index (κ2) is 4.77. The third-order valence-corrected chi connectivity index (χ3v) is 3.58. The van der Waals surface area contributed by atoms with E-state index in [0.717, 1.165) is 12.4 Å². The number of hydrogen-bond donors (Lipinski definition) is 2. The molecule has 1 aromatic heterocycles. The van der Waals surface area contributed by atoms with E-state index in [9.17, 15) is 0 Å². The molecule has 0 amide bonds. The molecular formula is C12H20N4O. The summed E-state index contributed by atoms with van der Waals surface area (Å²) in [6, 6.07) is 0. The van der Waals surface area contributed by atoms with Gasteiger partial charge < -0.3 is 15.4 Å². The molecule has 0 atom stereocenters. The standard InChI is InChI=1S/C12H20N4O/c1-4-12(5-6-12)7-14-11-9(17-3)10(13-2)15-8-16-11/h8H,4-7H2,1-3H3,(H2,13,14,15,16). The van der Waals surface area contributed by atoms with Crippen molar-refractivity contribution in [1.82, 2.24) is 9.97 Å². The largest absolute Gasteiger partial charge is 0.490 e. The van der Waals surface area contributed by atoms with Crippen molar-refractivity contribution in [2.45, 2.75) is 26.2 Å². The van der Waals surface area contributed by atoms with Gasteiger partial charge in [-0.3, -0.25) is 0 Å². The van der Waals surface area contributed by atoms with E-state index in [2.05, 4.69) is 27.5 Å². The summed E-state index contributed by atoms with van der Waals surface area (Å²) in [6.07, 6.45) is 5.38. The van der Waals surface area contributed by atoms with Gasteiger partial charge in [-0.25, -0.2) is 9.97 Å². The highest BCUT2D eigenvalue weighted by atomic mass is 16.5. The molecule has 0 saturated heterocycles. The maximum absolute atomic E-state index is 5.34. The lowest BCUT2D eigenvalue weighted by atomic mass is 10.0. The Morgan fingerprint density at radius 2 is 2.06 bits per heavy atom. The minimum atomic E-state index is 0.482. The lowest BCUT2D eigenvalue weighted by Crippen LogP contribution is -2.16. The second-order valence-electron chi connectivity index (χ2n) is 4.56. The van der Waals surface area contributed by atoms with Crippen molar-refractivity contribution in [2.24, 2.45) is 5.41 Å². The van der Waals surface area contributed by atoms with E-state index in [1.54, 1.807) is 13.4 Å². The molecule has 1 saturated carbocycles. The van der Waals surface area contributed by atoms with Crippen LogP contribution in [-0.2, 0) is 0 Å². The molecule has 2 N–H and O–H groups in total. The SMILES string of the molecule is CCC1(CNc2ncnc(NC)c2OC)CC1. The van der Waals surface area contributed by atoms with Crippen LogP contribution in [0.3, 0.4) is 0 Å². The topological polar surface area (TPSA) is 59.1 Å². The highest BCUT2D eigenvalue weighted by Crippen LogP contribution is 2.48. The zero-order valence-corrected chi connectivity index (χ0v) is 10.7. The van der Waals surface area contributed by atoms with Crippen molar-refractivity contribution in [3.8, 4) is 5.75 Å². The number of aromatic nitrogens is 2. The number of methoxy groups -OCH3 is 1. The quantitative estimate of drug-likeness (QED) is 0.792. The molecule has 0 aromatic carbocycles. The van der Waals surface area contributed by atoms with Crippen molar-refractivity contribution >= 4 is 11.6 Å². The molecule has 5 heteroatoms. The Bertz CT molecular complexity index is 390. The summed E-state index contributed by atoms with van der Waals surface area (Å²) in [5.74, 6) is 2.17. The monoisotopic (exact) mass is 236 g/mol. The van der Waals surface area contributed by atoms with E-state index in [-0.39, 0.29) is 0 Å². The Kier molecular flexibility index (Phi) is 3.36. The fourth-order valence-electron chi connectivity index (χ4n) is 1.97. The van der Waals surface area contributed by atoms with Crippen LogP contribution in [0.2, 0.25) is 0 Å². The average molecular weight is 236 g/mol. The molecule has 0 aliphatic heterocycles. The van der Waals surface area contributed by atoms with E-state index in [1.807, 2.05) is 7.05 Å². The Balaban J connectivity index is 2.09. The van der Waals surface area contributed by atoms with Crippen LogP contribution in [0.5, 0.6) is 5.75 Å². The Morgan fingerprint density at radius 1 is 1.35 bits per heavy atom. The van der Waals surface area contributed by atoms with Crippen LogP contribution in [0.4, 0.5) is 11.6 Å². The van der Waals surface area contributed by atoms with Gasteiger partial charge in [-0.05, 0) is 24.7 Å². The van der Waals surface area contributed by atoms with Crippen LogP contribution in [0.1, 0.15) is 26.2 Å². The van der Waals surface area contributed by atoms with E-state index >= 15 is 0 Å². The fraction of sp³-hybridized carbons (Fsp3) is 0.667. The first-order chi connectivity index (χ1) is 8.24. The Morgan fingerprint density at radius 3 is 2.59 bits per heavy atom. The summed E-state index contributed by atoms with van der Waals surface area (Å²) >= 11 is 0. The molecule has 0 unspecified atom stereocenters. The molecule has 0 bridgehead atoms. The summed E-state index contributed by atoms with van der Waals surface area (Å²) in [5, 5.41) is 6.37. The van der Waals surface area contributed by atoms with Crippen LogP contribution < -0.4 is 15.4 Å². The predicted molar refractivity (Wildman–Crippen MR) is 68.6 cm³/mol. The predicted octanol–water partition coefficient (Wildman–Crippen LogP) is 2.13. The molecule has 1 aliphatic rings. The molecule has 0 radical (unpaired) electrons. The van der Waals surface area contributed by atoms with Gasteiger partial charge in [-0.2, -0.15) is 0 Å². The summed E-state index contributed by atoms with van der Waals surface area (Å²) in [6.45, 7) is 3.20. The summed E-state index contributed by atoms with van der Waals surface area (Å²) in [5.41, 5.74) is 0.482. The first-order valence-corrected chi connectivity index (χ1v) is 6.05. The number of ether oxygens (including phenoxy) is 1. The smallest absolute Gasteiger partial charge is 0.204 e. The zero-order valence-electron chi connectivity index (χ0n) is 10.7. The van der Waals surface area contributed by atoms with Crippen molar-refractivity contribution in [3.05, 3.63) is 6.33 Å². The normalized spacial score (nSPS) is 16.4. The second-order valence-corrected chi connectivity index (χ2v) is 4.56. The van der Waals surface area contributed by atoms with Crippen molar-refractivity contribution in [1.29, 1.82) is 0 Å². The van der Waals surface area contributed by atoms with Crippen LogP contribution in [0.15, 0.2) is 6.33 Å². The first-order valence-electron chi connectivity index (χ1n) is 6.05. The molecule has 1 heterocycles.